The number of hydrogen-bond donors (Lipinski definition) is 2. The molecule has 0 fully saturated rings. The van der Waals surface area contributed by atoms with Crippen molar-refractivity contribution in [2.75, 3.05) is 18.2 Å². The van der Waals surface area contributed by atoms with Crippen molar-refractivity contribution in [1.29, 1.82) is 0 Å². The second-order valence-electron chi connectivity index (χ2n) is 5.28. The SMILES string of the molecule is COc1cccc(CNC(=O)CSc2nnc(Nc3ccccc3)s2)c1. The van der Waals surface area contributed by atoms with Crippen LogP contribution >= 0.6 is 23.1 Å². The van der Waals surface area contributed by atoms with Crippen LogP contribution in [0.1, 0.15) is 5.56 Å². The van der Waals surface area contributed by atoms with Gasteiger partial charge in [0.05, 0.1) is 12.9 Å². The fraction of sp³-hybridized carbons (Fsp3) is 0.167. The van der Waals surface area contributed by atoms with Crippen LogP contribution in [0.2, 0.25) is 0 Å². The van der Waals surface area contributed by atoms with Crippen LogP contribution in [-0.4, -0.2) is 29.0 Å². The van der Waals surface area contributed by atoms with Crippen molar-refractivity contribution in [2.24, 2.45) is 0 Å². The van der Waals surface area contributed by atoms with E-state index in [-0.39, 0.29) is 5.91 Å². The molecule has 1 heterocycles. The molecular weight excluding hydrogens is 368 g/mol. The molecule has 2 aromatic carbocycles. The maximum Gasteiger partial charge on any atom is 0.230 e. The summed E-state index contributed by atoms with van der Waals surface area (Å²) >= 11 is 2.79. The fourth-order valence-corrected chi connectivity index (χ4v) is 3.73. The highest BCUT2D eigenvalue weighted by atomic mass is 32.2. The van der Waals surface area contributed by atoms with Crippen LogP contribution in [-0.2, 0) is 11.3 Å². The molecule has 1 amide bonds. The molecule has 8 heteroatoms. The molecule has 0 bridgehead atoms. The summed E-state index contributed by atoms with van der Waals surface area (Å²) in [5, 5.41) is 15.0. The van der Waals surface area contributed by atoms with Crippen LogP contribution < -0.4 is 15.4 Å². The standard InChI is InChI=1S/C18H18N4O2S2/c1-24-15-9-5-6-13(10-15)11-19-16(23)12-25-18-22-21-17(26-18)20-14-7-3-2-4-8-14/h2-10H,11-12H2,1H3,(H,19,23)(H,20,21). The minimum absolute atomic E-state index is 0.0504. The van der Waals surface area contributed by atoms with Crippen molar-refractivity contribution in [3.8, 4) is 5.75 Å². The highest BCUT2D eigenvalue weighted by Crippen LogP contribution is 2.27. The van der Waals surface area contributed by atoms with Gasteiger partial charge in [-0.3, -0.25) is 4.79 Å². The Balaban J connectivity index is 1.44. The molecule has 1 aromatic heterocycles. The van der Waals surface area contributed by atoms with Gasteiger partial charge >= 0.3 is 0 Å². The van der Waals surface area contributed by atoms with Crippen molar-refractivity contribution in [2.45, 2.75) is 10.9 Å². The van der Waals surface area contributed by atoms with Gasteiger partial charge in [0.25, 0.3) is 0 Å². The van der Waals surface area contributed by atoms with Crippen LogP contribution in [0.3, 0.4) is 0 Å². The zero-order chi connectivity index (χ0) is 18.2. The molecule has 2 N–H and O–H groups in total. The lowest BCUT2D eigenvalue weighted by atomic mass is 10.2. The number of carbonyl (C=O) groups is 1. The largest absolute Gasteiger partial charge is 0.497 e. The van der Waals surface area contributed by atoms with Gasteiger partial charge < -0.3 is 15.4 Å². The minimum atomic E-state index is -0.0504. The summed E-state index contributed by atoms with van der Waals surface area (Å²) in [6.07, 6.45) is 0. The number of nitrogens with zero attached hydrogens (tertiary/aromatic N) is 2. The van der Waals surface area contributed by atoms with E-state index in [1.54, 1.807) is 7.11 Å². The van der Waals surface area contributed by atoms with Crippen molar-refractivity contribution < 1.29 is 9.53 Å². The predicted molar refractivity (Wildman–Crippen MR) is 105 cm³/mol. The van der Waals surface area contributed by atoms with Crippen molar-refractivity contribution in [3.63, 3.8) is 0 Å². The number of carbonyl (C=O) groups excluding carboxylic acids is 1. The molecule has 0 radical (unpaired) electrons. The summed E-state index contributed by atoms with van der Waals surface area (Å²) in [5.41, 5.74) is 1.95. The molecule has 3 aromatic rings. The molecule has 3 rings (SSSR count). The number of para-hydroxylation sites is 1. The number of thioether (sulfide) groups is 1. The number of rotatable bonds is 8. The van der Waals surface area contributed by atoms with E-state index in [4.69, 9.17) is 4.74 Å². The smallest absolute Gasteiger partial charge is 0.230 e. The number of nitrogens with one attached hydrogen (secondary N) is 2. The Kier molecular flexibility index (Phi) is 6.45. The first kappa shape index (κ1) is 18.2. The zero-order valence-electron chi connectivity index (χ0n) is 14.1. The Morgan fingerprint density at radius 1 is 1.15 bits per heavy atom. The number of methoxy groups -OCH3 is 1. The molecular formula is C18H18N4O2S2. The Labute approximate surface area is 160 Å². The van der Waals surface area contributed by atoms with Gasteiger partial charge in [0.2, 0.25) is 11.0 Å². The minimum Gasteiger partial charge on any atom is -0.497 e. The maximum atomic E-state index is 12.0. The van der Waals surface area contributed by atoms with E-state index in [0.29, 0.717) is 17.4 Å². The summed E-state index contributed by atoms with van der Waals surface area (Å²) in [6, 6.07) is 17.4. The van der Waals surface area contributed by atoms with Crippen LogP contribution in [0.4, 0.5) is 10.8 Å². The number of hydrogen-bond acceptors (Lipinski definition) is 7. The van der Waals surface area contributed by atoms with Crippen molar-refractivity contribution >= 4 is 39.8 Å². The third kappa shape index (κ3) is 5.47. The summed E-state index contributed by atoms with van der Waals surface area (Å²) in [6.45, 7) is 0.466. The van der Waals surface area contributed by atoms with Gasteiger partial charge in [0.15, 0.2) is 4.34 Å². The lowest BCUT2D eigenvalue weighted by molar-refractivity contribution is -0.118. The second-order valence-corrected chi connectivity index (χ2v) is 7.48. The summed E-state index contributed by atoms with van der Waals surface area (Å²) in [5.74, 6) is 1.02. The first-order valence-electron chi connectivity index (χ1n) is 7.91. The molecule has 0 aliphatic rings. The molecule has 0 atom stereocenters. The quantitative estimate of drug-likeness (QED) is 0.575. The lowest BCUT2D eigenvalue weighted by Crippen LogP contribution is -2.24. The van der Waals surface area contributed by atoms with Crippen LogP contribution in [0.5, 0.6) is 5.75 Å². The lowest BCUT2D eigenvalue weighted by Gasteiger charge is -2.06. The monoisotopic (exact) mass is 386 g/mol. The molecule has 6 nitrogen and oxygen atoms in total. The van der Waals surface area contributed by atoms with E-state index >= 15 is 0 Å². The van der Waals surface area contributed by atoms with Gasteiger partial charge in [-0.05, 0) is 29.8 Å². The van der Waals surface area contributed by atoms with E-state index in [9.17, 15) is 4.79 Å². The molecule has 0 aliphatic carbocycles. The summed E-state index contributed by atoms with van der Waals surface area (Å²) < 4.78 is 5.93. The van der Waals surface area contributed by atoms with Crippen molar-refractivity contribution in [1.82, 2.24) is 15.5 Å². The third-order valence-corrected chi connectivity index (χ3v) is 5.35. The van der Waals surface area contributed by atoms with Crippen molar-refractivity contribution in [3.05, 3.63) is 60.2 Å². The topological polar surface area (TPSA) is 76.1 Å². The van der Waals surface area contributed by atoms with Gasteiger partial charge in [-0.25, -0.2) is 0 Å². The predicted octanol–water partition coefficient (Wildman–Crippen LogP) is 3.70. The number of anilines is 2. The summed E-state index contributed by atoms with van der Waals surface area (Å²) in [7, 11) is 1.62. The van der Waals surface area contributed by atoms with Crippen LogP contribution in [0.15, 0.2) is 58.9 Å². The number of amides is 1. The van der Waals surface area contributed by atoms with Gasteiger partial charge in [-0.15, -0.1) is 10.2 Å². The first-order valence-corrected chi connectivity index (χ1v) is 9.71. The summed E-state index contributed by atoms with van der Waals surface area (Å²) in [4.78, 5) is 12.0. The molecule has 0 saturated carbocycles. The first-order chi connectivity index (χ1) is 12.7. The Morgan fingerprint density at radius 3 is 2.81 bits per heavy atom. The number of benzene rings is 2. The molecule has 0 saturated heterocycles. The van der Waals surface area contributed by atoms with E-state index in [1.807, 2.05) is 54.6 Å². The maximum absolute atomic E-state index is 12.0. The highest BCUT2D eigenvalue weighted by Gasteiger charge is 2.08. The van der Waals surface area contributed by atoms with Gasteiger partial charge in [-0.1, -0.05) is 53.4 Å². The fourth-order valence-electron chi connectivity index (χ4n) is 2.12. The van der Waals surface area contributed by atoms with Crippen LogP contribution in [0, 0.1) is 0 Å². The number of ether oxygens (including phenoxy) is 1. The highest BCUT2D eigenvalue weighted by molar-refractivity contribution is 8.01. The Morgan fingerprint density at radius 2 is 2.00 bits per heavy atom. The van der Waals surface area contributed by atoms with Gasteiger partial charge in [0, 0.05) is 12.2 Å². The van der Waals surface area contributed by atoms with E-state index in [0.717, 1.165) is 21.3 Å². The second kappa shape index (κ2) is 9.21. The molecule has 0 aliphatic heterocycles. The average Bonchev–Trinajstić information content (AvgIpc) is 3.13. The van der Waals surface area contributed by atoms with Gasteiger partial charge in [-0.2, -0.15) is 0 Å². The molecule has 26 heavy (non-hydrogen) atoms. The van der Waals surface area contributed by atoms with E-state index in [2.05, 4.69) is 20.8 Å². The Hall–Kier alpha value is -2.58. The molecule has 134 valence electrons. The van der Waals surface area contributed by atoms with Gasteiger partial charge in [0.1, 0.15) is 5.75 Å². The number of aromatic nitrogens is 2. The molecule has 0 unspecified atom stereocenters. The average molecular weight is 387 g/mol. The van der Waals surface area contributed by atoms with Crippen LogP contribution in [0.25, 0.3) is 0 Å². The third-order valence-electron chi connectivity index (χ3n) is 3.38. The van der Waals surface area contributed by atoms with E-state index < -0.39 is 0 Å². The molecule has 0 spiro atoms. The normalized spacial score (nSPS) is 10.3. The zero-order valence-corrected chi connectivity index (χ0v) is 15.8. The van der Waals surface area contributed by atoms with E-state index in [1.165, 1.54) is 23.1 Å². The Bertz CT molecular complexity index is 855.